The average molecular weight is 334 g/mol. The molecule has 4 heteroatoms. The molecule has 0 fully saturated rings. The van der Waals surface area contributed by atoms with Crippen molar-refractivity contribution in [1.29, 1.82) is 0 Å². The lowest BCUT2D eigenvalue weighted by atomic mass is 10.1. The summed E-state index contributed by atoms with van der Waals surface area (Å²) in [4.78, 5) is 3.57. The van der Waals surface area contributed by atoms with Gasteiger partial charge in [0.1, 0.15) is 0 Å². The summed E-state index contributed by atoms with van der Waals surface area (Å²) in [5.74, 6) is 0. The first-order valence-electron chi connectivity index (χ1n) is 8.11. The van der Waals surface area contributed by atoms with Gasteiger partial charge in [0.2, 0.25) is 5.52 Å². The van der Waals surface area contributed by atoms with Crippen molar-refractivity contribution in [1.82, 2.24) is 0 Å². The second-order valence-corrected chi connectivity index (χ2v) is 6.94. The fourth-order valence-electron chi connectivity index (χ4n) is 3.15. The Morgan fingerprint density at radius 2 is 1.88 bits per heavy atom. The molecule has 3 aromatic rings. The van der Waals surface area contributed by atoms with Crippen LogP contribution in [0.5, 0.6) is 0 Å². The highest BCUT2D eigenvalue weighted by Crippen LogP contribution is 2.45. The molecule has 3 nitrogen and oxygen atoms in total. The molecule has 0 radical (unpaired) electrons. The van der Waals surface area contributed by atoms with Crippen LogP contribution in [0.4, 0.5) is 5.69 Å². The summed E-state index contributed by atoms with van der Waals surface area (Å²) < 4.78 is 2.22. The molecule has 1 aliphatic heterocycles. The van der Waals surface area contributed by atoms with E-state index in [1.807, 2.05) is 11.8 Å². The van der Waals surface area contributed by atoms with E-state index in [4.69, 9.17) is 5.73 Å². The molecule has 120 valence electrons. The van der Waals surface area contributed by atoms with Gasteiger partial charge >= 0.3 is 0 Å². The van der Waals surface area contributed by atoms with E-state index in [9.17, 15) is 0 Å². The highest BCUT2D eigenvalue weighted by atomic mass is 32.2. The molecule has 0 saturated heterocycles. The number of nitrogens with two attached hydrogens (primary N) is 1. The number of para-hydroxylation sites is 2. The molecular formula is C20H20N3S+. The van der Waals surface area contributed by atoms with Crippen LogP contribution in [0, 0.1) is 0 Å². The van der Waals surface area contributed by atoms with Crippen molar-refractivity contribution in [3.63, 3.8) is 0 Å². The minimum absolute atomic E-state index is 0.642. The van der Waals surface area contributed by atoms with Crippen LogP contribution in [0.3, 0.4) is 0 Å². The molecule has 0 spiro atoms. The topological polar surface area (TPSA) is 33.1 Å². The van der Waals surface area contributed by atoms with Crippen molar-refractivity contribution in [3.8, 4) is 0 Å². The van der Waals surface area contributed by atoms with Crippen LogP contribution in [0.15, 0.2) is 70.7 Å². The van der Waals surface area contributed by atoms with Gasteiger partial charge in [0.05, 0.1) is 22.6 Å². The molecule has 0 unspecified atom stereocenters. The van der Waals surface area contributed by atoms with E-state index >= 15 is 0 Å². The first-order valence-corrected chi connectivity index (χ1v) is 8.93. The Morgan fingerprint density at radius 1 is 1.08 bits per heavy atom. The van der Waals surface area contributed by atoms with Gasteiger partial charge in [-0.1, -0.05) is 36.0 Å². The Hall–Kier alpha value is -2.30. The van der Waals surface area contributed by atoms with Crippen LogP contribution < -0.4 is 15.2 Å². The maximum atomic E-state index is 5.75. The number of hydrogen-bond acceptors (Lipinski definition) is 3. The van der Waals surface area contributed by atoms with Gasteiger partial charge in [0.25, 0.3) is 0 Å². The molecule has 1 aliphatic rings. The molecule has 2 heterocycles. The van der Waals surface area contributed by atoms with E-state index < -0.39 is 0 Å². The van der Waals surface area contributed by atoms with Gasteiger partial charge in [-0.15, -0.1) is 0 Å². The maximum Gasteiger partial charge on any atom is 0.213 e. The van der Waals surface area contributed by atoms with Gasteiger partial charge in [-0.25, -0.2) is 0 Å². The first-order chi connectivity index (χ1) is 11.8. The Labute approximate surface area is 146 Å². The second-order valence-electron chi connectivity index (χ2n) is 5.88. The van der Waals surface area contributed by atoms with Gasteiger partial charge < -0.3 is 10.6 Å². The van der Waals surface area contributed by atoms with Crippen LogP contribution in [0.25, 0.3) is 17.0 Å². The third-order valence-corrected chi connectivity index (χ3v) is 5.55. The number of pyridine rings is 1. The summed E-state index contributed by atoms with van der Waals surface area (Å²) in [5, 5.41) is 2.50. The van der Waals surface area contributed by atoms with Crippen LogP contribution in [0.1, 0.15) is 5.56 Å². The zero-order chi connectivity index (χ0) is 16.5. The van der Waals surface area contributed by atoms with Gasteiger partial charge in [0.15, 0.2) is 12.7 Å². The van der Waals surface area contributed by atoms with E-state index in [2.05, 4.69) is 83.4 Å². The number of rotatable bonds is 3. The van der Waals surface area contributed by atoms with Crippen molar-refractivity contribution in [3.05, 3.63) is 71.4 Å². The SMILES string of the molecule is CN1/C(=C\c2cc[n+](CCN)c3ccccc23)Sc2ccccc21. The summed E-state index contributed by atoms with van der Waals surface area (Å²) in [5.41, 5.74) is 9.48. The standard InChI is InChI=1S/C20H20N3S/c1-22-18-8-4-5-9-19(18)24-20(22)14-15-10-12-23(13-11-21)17-7-3-2-6-16(15)17/h2-10,12,14H,11,13,21H2,1H3/q+1. The lowest BCUT2D eigenvalue weighted by molar-refractivity contribution is -0.668. The molecule has 1 aromatic heterocycles. The van der Waals surface area contributed by atoms with Crippen LogP contribution in [-0.2, 0) is 6.54 Å². The monoisotopic (exact) mass is 334 g/mol. The predicted octanol–water partition coefficient (Wildman–Crippen LogP) is 3.63. The Kier molecular flexibility index (Phi) is 4.00. The number of fused-ring (bicyclic) bond motifs is 2. The minimum atomic E-state index is 0.642. The molecule has 0 atom stereocenters. The van der Waals surface area contributed by atoms with Gasteiger partial charge in [-0.3, -0.25) is 0 Å². The van der Waals surface area contributed by atoms with Crippen molar-refractivity contribution in [2.24, 2.45) is 5.73 Å². The summed E-state index contributed by atoms with van der Waals surface area (Å²) in [6, 6.07) is 19.2. The lowest BCUT2D eigenvalue weighted by Gasteiger charge is -2.13. The summed E-state index contributed by atoms with van der Waals surface area (Å²) in [6.45, 7) is 1.47. The van der Waals surface area contributed by atoms with Crippen molar-refractivity contribution in [2.75, 3.05) is 18.5 Å². The number of aromatic nitrogens is 1. The fourth-order valence-corrected chi connectivity index (χ4v) is 4.25. The Bertz CT molecular complexity index is 933. The maximum absolute atomic E-state index is 5.75. The third kappa shape index (κ3) is 2.58. The van der Waals surface area contributed by atoms with Crippen molar-refractivity contribution >= 4 is 34.4 Å². The molecule has 0 aliphatic carbocycles. The molecule has 2 N–H and O–H groups in total. The lowest BCUT2D eigenvalue weighted by Crippen LogP contribution is -2.38. The predicted molar refractivity (Wildman–Crippen MR) is 102 cm³/mol. The highest BCUT2D eigenvalue weighted by Gasteiger charge is 2.21. The van der Waals surface area contributed by atoms with Gasteiger partial charge in [-0.2, -0.15) is 4.57 Å². The third-order valence-electron chi connectivity index (χ3n) is 4.38. The average Bonchev–Trinajstić information content (AvgIpc) is 2.93. The zero-order valence-corrected chi connectivity index (χ0v) is 14.5. The summed E-state index contributed by atoms with van der Waals surface area (Å²) in [6.07, 6.45) is 4.41. The molecule has 4 rings (SSSR count). The van der Waals surface area contributed by atoms with Crippen LogP contribution >= 0.6 is 11.8 Å². The molecular weight excluding hydrogens is 314 g/mol. The number of benzene rings is 2. The second kappa shape index (κ2) is 6.30. The zero-order valence-electron chi connectivity index (χ0n) is 13.6. The van der Waals surface area contributed by atoms with Gasteiger partial charge in [0, 0.05) is 24.1 Å². The van der Waals surface area contributed by atoms with Crippen LogP contribution in [-0.4, -0.2) is 13.6 Å². The van der Waals surface area contributed by atoms with E-state index in [1.54, 1.807) is 0 Å². The molecule has 2 aromatic carbocycles. The fraction of sp³-hybridized carbons (Fsp3) is 0.150. The molecule has 0 amide bonds. The van der Waals surface area contributed by atoms with Crippen molar-refractivity contribution in [2.45, 2.75) is 11.4 Å². The molecule has 0 saturated carbocycles. The number of anilines is 1. The Balaban J connectivity index is 1.80. The van der Waals surface area contributed by atoms with E-state index in [0.717, 1.165) is 6.54 Å². The van der Waals surface area contributed by atoms with Gasteiger partial charge in [-0.05, 0) is 29.8 Å². The molecule has 24 heavy (non-hydrogen) atoms. The smallest absolute Gasteiger partial charge is 0.213 e. The normalized spacial score (nSPS) is 15.2. The first kappa shape index (κ1) is 15.2. The Morgan fingerprint density at radius 3 is 2.71 bits per heavy atom. The largest absolute Gasteiger partial charge is 0.338 e. The van der Waals surface area contributed by atoms with E-state index in [-0.39, 0.29) is 0 Å². The highest BCUT2D eigenvalue weighted by molar-refractivity contribution is 8.03. The number of nitrogens with zero attached hydrogens (tertiary/aromatic N) is 2. The van der Waals surface area contributed by atoms with E-state index in [0.29, 0.717) is 6.54 Å². The number of hydrogen-bond donors (Lipinski definition) is 1. The summed E-state index contributed by atoms with van der Waals surface area (Å²) in [7, 11) is 2.13. The minimum Gasteiger partial charge on any atom is -0.338 e. The van der Waals surface area contributed by atoms with Crippen molar-refractivity contribution < 1.29 is 4.57 Å². The summed E-state index contributed by atoms with van der Waals surface area (Å²) >= 11 is 1.82. The quantitative estimate of drug-likeness (QED) is 0.743. The molecule has 0 bridgehead atoms. The van der Waals surface area contributed by atoms with E-state index in [1.165, 1.54) is 32.1 Å². The van der Waals surface area contributed by atoms with Crippen LogP contribution in [0.2, 0.25) is 0 Å². The number of thioether (sulfide) groups is 1.